The van der Waals surface area contributed by atoms with E-state index in [1.54, 1.807) is 29.8 Å². The third kappa shape index (κ3) is 3.26. The monoisotopic (exact) mass is 442 g/mol. The van der Waals surface area contributed by atoms with Crippen molar-refractivity contribution < 1.29 is 22.4 Å². The molecular formula is C21H17F3N6O2. The summed E-state index contributed by atoms with van der Waals surface area (Å²) in [5.41, 5.74) is -0.133. The Balaban J connectivity index is 1.55. The summed E-state index contributed by atoms with van der Waals surface area (Å²) in [6.07, 6.45) is -2.17. The molecule has 0 bridgehead atoms. The number of nitrogens with one attached hydrogen (secondary N) is 2. The van der Waals surface area contributed by atoms with Gasteiger partial charge in [0.25, 0.3) is 5.89 Å². The van der Waals surface area contributed by atoms with Crippen molar-refractivity contribution in [3.8, 4) is 11.5 Å². The highest BCUT2D eigenvalue weighted by atomic mass is 19.4. The van der Waals surface area contributed by atoms with Gasteiger partial charge >= 0.3 is 6.18 Å². The summed E-state index contributed by atoms with van der Waals surface area (Å²) < 4.78 is 46.1. The van der Waals surface area contributed by atoms with E-state index in [-0.39, 0.29) is 17.7 Å². The molecule has 4 aromatic rings. The van der Waals surface area contributed by atoms with E-state index in [9.17, 15) is 18.0 Å². The summed E-state index contributed by atoms with van der Waals surface area (Å²) in [5, 5.41) is 18.5. The lowest BCUT2D eigenvalue weighted by Crippen LogP contribution is -2.32. The normalized spacial score (nSPS) is 18.8. The van der Waals surface area contributed by atoms with Gasteiger partial charge in [0, 0.05) is 18.4 Å². The summed E-state index contributed by atoms with van der Waals surface area (Å²) in [4.78, 5) is 12.3. The van der Waals surface area contributed by atoms with Crippen molar-refractivity contribution in [1.29, 1.82) is 0 Å². The SMILES string of the molecule is CC1(c2nnc(-c3c(Nc4ccc(C(F)(F)F)cc4)nn4ccccc34)o2)CCNC1=O. The van der Waals surface area contributed by atoms with E-state index >= 15 is 0 Å². The zero-order chi connectivity index (χ0) is 22.5. The molecule has 1 saturated heterocycles. The van der Waals surface area contributed by atoms with Gasteiger partial charge in [0.2, 0.25) is 11.8 Å². The minimum Gasteiger partial charge on any atom is -0.419 e. The lowest BCUT2D eigenvalue weighted by molar-refractivity contribution is -0.137. The Morgan fingerprint density at radius 3 is 2.62 bits per heavy atom. The zero-order valence-corrected chi connectivity index (χ0v) is 16.8. The van der Waals surface area contributed by atoms with Crippen LogP contribution < -0.4 is 10.6 Å². The molecule has 0 aliphatic carbocycles. The van der Waals surface area contributed by atoms with Crippen LogP contribution in [-0.4, -0.2) is 32.3 Å². The second-order valence-electron chi connectivity index (χ2n) is 7.70. The number of aromatic nitrogens is 4. The van der Waals surface area contributed by atoms with Gasteiger partial charge in [0.15, 0.2) is 5.82 Å². The molecule has 4 heterocycles. The molecule has 0 radical (unpaired) electrons. The number of carbonyl (C=O) groups is 1. The number of benzene rings is 1. The van der Waals surface area contributed by atoms with Crippen LogP contribution in [0.3, 0.4) is 0 Å². The zero-order valence-electron chi connectivity index (χ0n) is 16.8. The Kier molecular flexibility index (Phi) is 4.43. The van der Waals surface area contributed by atoms with E-state index in [1.165, 1.54) is 12.1 Å². The van der Waals surface area contributed by atoms with Crippen LogP contribution in [0.4, 0.5) is 24.7 Å². The van der Waals surface area contributed by atoms with Crippen molar-refractivity contribution in [2.45, 2.75) is 24.9 Å². The van der Waals surface area contributed by atoms with Gasteiger partial charge in [-0.25, -0.2) is 4.52 Å². The van der Waals surface area contributed by atoms with Gasteiger partial charge in [-0.05, 0) is 49.7 Å². The van der Waals surface area contributed by atoms with Crippen LogP contribution in [0.15, 0.2) is 53.1 Å². The fourth-order valence-electron chi connectivity index (χ4n) is 3.66. The Morgan fingerprint density at radius 2 is 1.94 bits per heavy atom. The van der Waals surface area contributed by atoms with E-state index < -0.39 is 17.2 Å². The number of anilines is 2. The minimum absolute atomic E-state index is 0.150. The number of carbonyl (C=O) groups excluding carboxylic acids is 1. The van der Waals surface area contributed by atoms with Crippen LogP contribution in [-0.2, 0) is 16.4 Å². The highest BCUT2D eigenvalue weighted by Crippen LogP contribution is 2.37. The average molecular weight is 442 g/mol. The predicted octanol–water partition coefficient (Wildman–Crippen LogP) is 3.92. The first-order chi connectivity index (χ1) is 15.3. The third-order valence-electron chi connectivity index (χ3n) is 5.54. The van der Waals surface area contributed by atoms with Gasteiger partial charge in [-0.3, -0.25) is 4.79 Å². The maximum absolute atomic E-state index is 12.9. The first-order valence-electron chi connectivity index (χ1n) is 9.80. The Labute approximate surface area is 179 Å². The van der Waals surface area contributed by atoms with Gasteiger partial charge in [0.05, 0.1) is 11.1 Å². The largest absolute Gasteiger partial charge is 0.419 e. The lowest BCUT2D eigenvalue weighted by Gasteiger charge is -2.14. The Morgan fingerprint density at radius 1 is 1.16 bits per heavy atom. The molecule has 2 N–H and O–H groups in total. The number of pyridine rings is 1. The molecule has 1 aromatic carbocycles. The number of fused-ring (bicyclic) bond motifs is 1. The fourth-order valence-corrected chi connectivity index (χ4v) is 3.66. The van der Waals surface area contributed by atoms with Crippen LogP contribution in [0, 0.1) is 0 Å². The molecule has 32 heavy (non-hydrogen) atoms. The number of halogens is 3. The molecule has 1 atom stereocenters. The van der Waals surface area contributed by atoms with Crippen molar-refractivity contribution in [2.24, 2.45) is 0 Å². The van der Waals surface area contributed by atoms with E-state index in [4.69, 9.17) is 4.42 Å². The Hall–Kier alpha value is -3.89. The van der Waals surface area contributed by atoms with Crippen molar-refractivity contribution in [2.75, 3.05) is 11.9 Å². The number of hydrogen-bond acceptors (Lipinski definition) is 6. The molecule has 1 amide bonds. The summed E-state index contributed by atoms with van der Waals surface area (Å²) in [6, 6.07) is 10.0. The van der Waals surface area contributed by atoms with E-state index in [0.29, 0.717) is 35.6 Å². The lowest BCUT2D eigenvalue weighted by atomic mass is 9.89. The molecule has 0 saturated carbocycles. The third-order valence-corrected chi connectivity index (χ3v) is 5.54. The summed E-state index contributed by atoms with van der Waals surface area (Å²) in [5.74, 6) is 0.484. The molecule has 0 spiro atoms. The van der Waals surface area contributed by atoms with Gasteiger partial charge in [-0.15, -0.1) is 15.3 Å². The minimum atomic E-state index is -4.42. The van der Waals surface area contributed by atoms with E-state index in [2.05, 4.69) is 25.9 Å². The first kappa shape index (κ1) is 20.0. The molecule has 1 aliphatic rings. The standard InChI is InChI=1S/C21H17F3N6O2/c1-20(9-10-25-18(20)31)19-28-27-17(32-19)15-14-4-2-3-11-30(14)29-16(15)26-13-7-5-12(6-8-13)21(22,23)24/h2-8,11H,9-10H2,1H3,(H,25,31)(H,26,29). The molecule has 8 nitrogen and oxygen atoms in total. The van der Waals surface area contributed by atoms with Crippen molar-refractivity contribution >= 4 is 22.9 Å². The highest BCUT2D eigenvalue weighted by Gasteiger charge is 2.44. The van der Waals surface area contributed by atoms with Crippen molar-refractivity contribution in [3.63, 3.8) is 0 Å². The van der Waals surface area contributed by atoms with Crippen molar-refractivity contribution in [3.05, 3.63) is 60.1 Å². The maximum atomic E-state index is 12.9. The average Bonchev–Trinajstić information content (AvgIpc) is 3.45. The van der Waals surface area contributed by atoms with Gasteiger partial charge in [0.1, 0.15) is 11.0 Å². The first-order valence-corrected chi connectivity index (χ1v) is 9.80. The van der Waals surface area contributed by atoms with Crippen LogP contribution in [0.25, 0.3) is 17.0 Å². The summed E-state index contributed by atoms with van der Waals surface area (Å²) in [6.45, 7) is 2.26. The molecule has 1 fully saturated rings. The van der Waals surface area contributed by atoms with Crippen LogP contribution >= 0.6 is 0 Å². The number of rotatable bonds is 4. The molecule has 1 aliphatic heterocycles. The quantitative estimate of drug-likeness (QED) is 0.497. The second kappa shape index (κ2) is 7.08. The van der Waals surface area contributed by atoms with Gasteiger partial charge in [-0.1, -0.05) is 6.07 Å². The van der Waals surface area contributed by atoms with Crippen molar-refractivity contribution in [1.82, 2.24) is 25.1 Å². The number of amides is 1. The molecule has 3 aromatic heterocycles. The summed E-state index contributed by atoms with van der Waals surface area (Å²) >= 11 is 0. The predicted molar refractivity (Wildman–Crippen MR) is 108 cm³/mol. The van der Waals surface area contributed by atoms with Gasteiger partial charge in [-0.2, -0.15) is 13.2 Å². The highest BCUT2D eigenvalue weighted by molar-refractivity contribution is 5.89. The number of alkyl halides is 3. The second-order valence-corrected chi connectivity index (χ2v) is 7.70. The Bertz CT molecular complexity index is 1310. The molecule has 5 rings (SSSR count). The molecule has 164 valence electrons. The molecule has 11 heteroatoms. The molecule has 1 unspecified atom stereocenters. The fraction of sp³-hybridized carbons (Fsp3) is 0.238. The van der Waals surface area contributed by atoms with Gasteiger partial charge < -0.3 is 15.1 Å². The van der Waals surface area contributed by atoms with Crippen LogP contribution in [0.1, 0.15) is 24.8 Å². The maximum Gasteiger partial charge on any atom is 0.416 e. The number of nitrogens with zero attached hydrogens (tertiary/aromatic N) is 4. The molecular weight excluding hydrogens is 425 g/mol. The van der Waals surface area contributed by atoms with Crippen LogP contribution in [0.2, 0.25) is 0 Å². The number of hydrogen-bond donors (Lipinski definition) is 2. The van der Waals surface area contributed by atoms with Crippen LogP contribution in [0.5, 0.6) is 0 Å². The van der Waals surface area contributed by atoms with E-state index in [0.717, 1.165) is 12.1 Å². The summed E-state index contributed by atoms with van der Waals surface area (Å²) in [7, 11) is 0. The van der Waals surface area contributed by atoms with E-state index in [1.807, 2.05) is 6.07 Å². The topological polar surface area (TPSA) is 97.3 Å². The smallest absolute Gasteiger partial charge is 0.416 e.